The first-order chi connectivity index (χ1) is 16.8. The average molecular weight is 497 g/mol. The van der Waals surface area contributed by atoms with Crippen molar-refractivity contribution < 1.29 is 26.8 Å². The number of aromatic nitrogens is 2. The first-order valence-corrected chi connectivity index (χ1v) is 12.6. The summed E-state index contributed by atoms with van der Waals surface area (Å²) in [6, 6.07) is 13.8. The Hall–Kier alpha value is -3.70. The van der Waals surface area contributed by atoms with Crippen LogP contribution in [0.2, 0.25) is 0 Å². The van der Waals surface area contributed by atoms with Gasteiger partial charge >= 0.3 is 6.01 Å². The van der Waals surface area contributed by atoms with E-state index in [2.05, 4.69) is 15.5 Å². The minimum absolute atomic E-state index is 0.0758. The first-order valence-electron chi connectivity index (χ1n) is 11.1. The Balaban J connectivity index is 1.28. The zero-order valence-electron chi connectivity index (χ0n) is 19.2. The van der Waals surface area contributed by atoms with Gasteiger partial charge in [0.1, 0.15) is 0 Å². The summed E-state index contributed by atoms with van der Waals surface area (Å²) >= 11 is 0. The van der Waals surface area contributed by atoms with E-state index in [9.17, 15) is 13.2 Å². The minimum Gasteiger partial charge on any atom is -0.493 e. The number of methoxy groups -OCH3 is 1. The molecule has 2 aromatic heterocycles. The van der Waals surface area contributed by atoms with Crippen LogP contribution in [0.5, 0.6) is 5.75 Å². The van der Waals surface area contributed by atoms with E-state index in [1.54, 1.807) is 43.5 Å². The van der Waals surface area contributed by atoms with Crippen molar-refractivity contribution in [1.29, 1.82) is 0 Å². The molecule has 0 bridgehead atoms. The second-order valence-corrected chi connectivity index (χ2v) is 10.3. The van der Waals surface area contributed by atoms with Crippen LogP contribution in [-0.4, -0.2) is 49.0 Å². The number of anilines is 1. The van der Waals surface area contributed by atoms with Gasteiger partial charge in [-0.3, -0.25) is 10.1 Å². The van der Waals surface area contributed by atoms with E-state index < -0.39 is 15.9 Å². The van der Waals surface area contributed by atoms with Crippen molar-refractivity contribution in [2.45, 2.75) is 24.7 Å². The van der Waals surface area contributed by atoms with Gasteiger partial charge in [0, 0.05) is 18.5 Å². The van der Waals surface area contributed by atoms with Crippen molar-refractivity contribution in [2.24, 2.45) is 5.92 Å². The van der Waals surface area contributed by atoms with E-state index in [1.165, 1.54) is 4.31 Å². The highest BCUT2D eigenvalue weighted by Crippen LogP contribution is 2.33. The number of hydrogen-bond acceptors (Lipinski definition) is 8. The number of fused-ring (bicyclic) bond motifs is 1. The van der Waals surface area contributed by atoms with Crippen LogP contribution in [0.1, 0.15) is 18.4 Å². The molecule has 4 aromatic rings. The molecule has 1 fully saturated rings. The van der Waals surface area contributed by atoms with Gasteiger partial charge in [0.05, 0.1) is 17.9 Å². The number of aryl methyl sites for hydroxylation is 1. The van der Waals surface area contributed by atoms with Gasteiger partial charge in [0.25, 0.3) is 5.89 Å². The highest BCUT2D eigenvalue weighted by atomic mass is 32.2. The third-order valence-corrected chi connectivity index (χ3v) is 7.89. The van der Waals surface area contributed by atoms with Crippen LogP contribution in [0.4, 0.5) is 6.01 Å². The number of rotatable bonds is 6. The monoisotopic (exact) mass is 496 g/mol. The molecule has 2 aromatic carbocycles. The fourth-order valence-electron chi connectivity index (χ4n) is 4.12. The lowest BCUT2D eigenvalue weighted by Gasteiger charge is -2.30. The van der Waals surface area contributed by atoms with Gasteiger partial charge < -0.3 is 13.6 Å². The number of sulfonamides is 1. The Morgan fingerprint density at radius 3 is 2.71 bits per heavy atom. The highest BCUT2D eigenvalue weighted by molar-refractivity contribution is 7.89. The molecule has 0 saturated carbocycles. The number of piperidine rings is 1. The molecule has 0 radical (unpaired) electrons. The molecule has 1 unspecified atom stereocenters. The predicted octanol–water partition coefficient (Wildman–Crippen LogP) is 3.84. The van der Waals surface area contributed by atoms with Crippen LogP contribution in [0, 0.1) is 12.8 Å². The number of nitrogens with zero attached hydrogens (tertiary/aromatic N) is 3. The van der Waals surface area contributed by atoms with Crippen molar-refractivity contribution >= 4 is 32.9 Å². The second kappa shape index (κ2) is 9.16. The fourth-order valence-corrected chi connectivity index (χ4v) is 5.64. The van der Waals surface area contributed by atoms with Crippen molar-refractivity contribution in [3.63, 3.8) is 0 Å². The molecule has 1 atom stereocenters. The van der Waals surface area contributed by atoms with Gasteiger partial charge in [0.15, 0.2) is 17.1 Å². The van der Waals surface area contributed by atoms with Crippen LogP contribution in [0.25, 0.3) is 22.6 Å². The van der Waals surface area contributed by atoms with E-state index >= 15 is 0 Å². The van der Waals surface area contributed by atoms with E-state index in [-0.39, 0.29) is 29.3 Å². The molecular weight excluding hydrogens is 472 g/mol. The Bertz CT molecular complexity index is 1480. The van der Waals surface area contributed by atoms with Crippen molar-refractivity contribution in [3.8, 4) is 17.4 Å². The standard InChI is InChI=1S/C24H24N4O6S/c1-15-8-10-18(11-9-15)35(30,31)28-12-4-6-17(14-28)22(29)25-24-27-26-23(34-24)20-13-16-5-3-7-19(32-2)21(16)33-20/h3,5,7-11,13,17H,4,6,12,14H2,1-2H3,(H,25,27,29). The molecule has 3 heterocycles. The number of carbonyl (C=O) groups excluding carboxylic acids is 1. The number of nitrogens with one attached hydrogen (secondary N) is 1. The summed E-state index contributed by atoms with van der Waals surface area (Å²) in [4.78, 5) is 13.1. The lowest BCUT2D eigenvalue weighted by atomic mass is 9.99. The van der Waals surface area contributed by atoms with Crippen LogP contribution in [0.3, 0.4) is 0 Å². The van der Waals surface area contributed by atoms with Crippen LogP contribution in [-0.2, 0) is 14.8 Å². The zero-order valence-corrected chi connectivity index (χ0v) is 20.0. The maximum absolute atomic E-state index is 13.0. The summed E-state index contributed by atoms with van der Waals surface area (Å²) < 4.78 is 44.1. The predicted molar refractivity (Wildman–Crippen MR) is 127 cm³/mol. The number of para-hydroxylation sites is 1. The van der Waals surface area contributed by atoms with Gasteiger partial charge in [-0.2, -0.15) is 4.31 Å². The SMILES string of the molecule is COc1cccc2cc(-c3nnc(NC(=O)C4CCCN(S(=O)(=O)c5ccc(C)cc5)C4)o3)oc12. The van der Waals surface area contributed by atoms with Crippen LogP contribution in [0.15, 0.2) is 62.3 Å². The van der Waals surface area contributed by atoms with E-state index in [0.717, 1.165) is 10.9 Å². The average Bonchev–Trinajstić information content (AvgIpc) is 3.51. The number of benzene rings is 2. The maximum atomic E-state index is 13.0. The van der Waals surface area contributed by atoms with Gasteiger partial charge in [-0.05, 0) is 44.0 Å². The molecular formula is C24H24N4O6S. The van der Waals surface area contributed by atoms with E-state index in [0.29, 0.717) is 36.5 Å². The number of hydrogen-bond donors (Lipinski definition) is 1. The van der Waals surface area contributed by atoms with Gasteiger partial charge in [0.2, 0.25) is 15.9 Å². The molecule has 182 valence electrons. The summed E-state index contributed by atoms with van der Waals surface area (Å²) in [7, 11) is -2.14. The summed E-state index contributed by atoms with van der Waals surface area (Å²) in [6.07, 6.45) is 1.12. The second-order valence-electron chi connectivity index (χ2n) is 8.41. The van der Waals surface area contributed by atoms with Crippen LogP contribution >= 0.6 is 0 Å². The Labute approximate surface area is 201 Å². The normalized spacial score (nSPS) is 16.9. The third kappa shape index (κ3) is 4.52. The molecule has 1 aliphatic heterocycles. The third-order valence-electron chi connectivity index (χ3n) is 6.01. The summed E-state index contributed by atoms with van der Waals surface area (Å²) in [5.41, 5.74) is 1.52. The first kappa shape index (κ1) is 23.1. The smallest absolute Gasteiger partial charge is 0.322 e. The maximum Gasteiger partial charge on any atom is 0.322 e. The zero-order chi connectivity index (χ0) is 24.6. The molecule has 5 rings (SSSR count). The lowest BCUT2D eigenvalue weighted by Crippen LogP contribution is -2.43. The number of carbonyl (C=O) groups is 1. The molecule has 0 aliphatic carbocycles. The van der Waals surface area contributed by atoms with E-state index in [1.807, 2.05) is 19.1 Å². The van der Waals surface area contributed by atoms with Crippen LogP contribution < -0.4 is 10.1 Å². The summed E-state index contributed by atoms with van der Waals surface area (Å²) in [5.74, 6) is 0.0885. The quantitative estimate of drug-likeness (QED) is 0.426. The van der Waals surface area contributed by atoms with Crippen molar-refractivity contribution in [2.75, 3.05) is 25.5 Å². The molecule has 10 nitrogen and oxygen atoms in total. The molecule has 1 amide bonds. The molecule has 11 heteroatoms. The molecule has 1 N–H and O–H groups in total. The molecule has 1 aliphatic rings. The van der Waals surface area contributed by atoms with Gasteiger partial charge in [-0.25, -0.2) is 8.42 Å². The lowest BCUT2D eigenvalue weighted by molar-refractivity contribution is -0.121. The Morgan fingerprint density at radius 1 is 1.14 bits per heavy atom. The van der Waals surface area contributed by atoms with E-state index in [4.69, 9.17) is 13.6 Å². The minimum atomic E-state index is -3.69. The van der Waals surface area contributed by atoms with Crippen molar-refractivity contribution in [3.05, 3.63) is 54.1 Å². The topological polar surface area (TPSA) is 128 Å². The Kier molecular flexibility index (Phi) is 6.03. The summed E-state index contributed by atoms with van der Waals surface area (Å²) in [5, 5.41) is 11.3. The largest absolute Gasteiger partial charge is 0.493 e. The number of amides is 1. The Morgan fingerprint density at radius 2 is 1.94 bits per heavy atom. The van der Waals surface area contributed by atoms with Crippen molar-refractivity contribution in [1.82, 2.24) is 14.5 Å². The summed E-state index contributed by atoms with van der Waals surface area (Å²) in [6.45, 7) is 2.33. The highest BCUT2D eigenvalue weighted by Gasteiger charge is 2.34. The molecule has 35 heavy (non-hydrogen) atoms. The number of ether oxygens (including phenoxy) is 1. The molecule has 1 saturated heterocycles. The molecule has 0 spiro atoms. The van der Waals surface area contributed by atoms with Gasteiger partial charge in [-0.1, -0.05) is 34.9 Å². The fraction of sp³-hybridized carbons (Fsp3) is 0.292. The van der Waals surface area contributed by atoms with Gasteiger partial charge in [-0.15, -0.1) is 5.10 Å². The number of furan rings is 1.